The zero-order valence-electron chi connectivity index (χ0n) is 72.6. The Morgan fingerprint density at radius 2 is 0.533 bits per heavy atom. The molecule has 4 aliphatic heterocycles. The van der Waals surface area contributed by atoms with Crippen LogP contribution in [-0.4, -0.2) is 69.4 Å². The normalized spacial score (nSPS) is 15.5. The lowest BCUT2D eigenvalue weighted by Crippen LogP contribution is -2.34. The monoisotopic (exact) mass is 1710 g/mol. The van der Waals surface area contributed by atoms with E-state index in [0.717, 1.165) is 209 Å². The van der Waals surface area contributed by atoms with Crippen molar-refractivity contribution in [3.63, 3.8) is 0 Å². The minimum absolute atomic E-state index is 0.0568. The summed E-state index contributed by atoms with van der Waals surface area (Å²) in [5, 5.41) is 2.35. The zero-order valence-corrected chi connectivity index (χ0v) is 77.5. The van der Waals surface area contributed by atoms with Crippen molar-refractivity contribution >= 4 is 135 Å². The highest BCUT2D eigenvalue weighted by Gasteiger charge is 2.52. The average molecular weight is 1710 g/mol. The van der Waals surface area contributed by atoms with Crippen LogP contribution in [0.25, 0.3) is 106 Å². The van der Waals surface area contributed by atoms with E-state index in [-0.39, 0.29) is 47.3 Å². The number of unbranched alkanes of at least 4 members (excludes halogenated alkanes) is 10. The molecule has 4 amide bonds. The molecule has 4 unspecified atom stereocenters. The summed E-state index contributed by atoms with van der Waals surface area (Å²) >= 11 is 10.5. The van der Waals surface area contributed by atoms with Gasteiger partial charge in [0.15, 0.2) is 0 Å². The molecule has 0 bridgehead atoms. The molecule has 11 aromatic rings. The number of rotatable bonds is 44. The second kappa shape index (κ2) is 40.3. The van der Waals surface area contributed by atoms with E-state index < -0.39 is 0 Å². The molecule has 4 atom stereocenters. The van der Waals surface area contributed by atoms with E-state index in [9.17, 15) is 0 Å². The van der Waals surface area contributed by atoms with Gasteiger partial charge in [-0.2, -0.15) is 0 Å². The number of carbonyl (C=O) groups excluding carboxylic acids is 4. The Kier molecular flexibility index (Phi) is 29.1. The maximum Gasteiger partial charge on any atom is 0.261 e. The van der Waals surface area contributed by atoms with E-state index in [0.29, 0.717) is 48.5 Å². The quantitative estimate of drug-likeness (QED) is 0.0356. The van der Waals surface area contributed by atoms with Gasteiger partial charge in [-0.25, -0.2) is 0 Å². The van der Waals surface area contributed by atoms with E-state index in [1.54, 1.807) is 45.3 Å². The van der Waals surface area contributed by atoms with Gasteiger partial charge >= 0.3 is 0 Å². The predicted octanol–water partition coefficient (Wildman–Crippen LogP) is 31.1. The first-order valence-corrected chi connectivity index (χ1v) is 50.7. The van der Waals surface area contributed by atoms with Crippen LogP contribution in [0.5, 0.6) is 0 Å². The summed E-state index contributed by atoms with van der Waals surface area (Å²) in [6.07, 6.45) is 28.5. The molecule has 10 heterocycles. The van der Waals surface area contributed by atoms with Gasteiger partial charge in [0.25, 0.3) is 23.6 Å². The molecule has 0 spiro atoms. The van der Waals surface area contributed by atoms with Gasteiger partial charge in [0.05, 0.1) is 64.6 Å². The molecule has 0 saturated carbocycles. The van der Waals surface area contributed by atoms with E-state index >= 15 is 19.2 Å². The van der Waals surface area contributed by atoms with Crippen molar-refractivity contribution in [3.05, 3.63) is 223 Å². The number of nitrogens with zero attached hydrogens (tertiary/aromatic N) is 4. The highest BCUT2D eigenvalue weighted by molar-refractivity contribution is 7.28. The summed E-state index contributed by atoms with van der Waals surface area (Å²) in [5.74, 6) is 0.863. The van der Waals surface area contributed by atoms with Gasteiger partial charge in [-0.05, 0) is 169 Å². The second-order valence-electron chi connectivity index (χ2n) is 34.1. The van der Waals surface area contributed by atoms with Crippen LogP contribution in [0.4, 0.5) is 0 Å². The van der Waals surface area contributed by atoms with Crippen LogP contribution in [0.2, 0.25) is 0 Å². The maximum atomic E-state index is 16.1. The first-order valence-electron chi connectivity index (χ1n) is 45.8. The molecule has 0 fully saturated rings. The van der Waals surface area contributed by atoms with Crippen LogP contribution < -0.4 is 0 Å². The Morgan fingerprint density at radius 3 is 0.817 bits per heavy atom. The number of fused-ring (bicyclic) bond motifs is 4. The fourth-order valence-corrected chi connectivity index (χ4v) is 25.6. The Morgan fingerprint density at radius 1 is 0.258 bits per heavy atom. The van der Waals surface area contributed by atoms with Gasteiger partial charge in [-0.15, -0.1) is 68.0 Å². The zero-order chi connectivity index (χ0) is 83.5. The van der Waals surface area contributed by atoms with Crippen molar-refractivity contribution < 1.29 is 19.2 Å². The van der Waals surface area contributed by atoms with Crippen LogP contribution in [0.15, 0.2) is 192 Å². The van der Waals surface area contributed by atoms with E-state index in [2.05, 4.69) is 239 Å². The lowest BCUT2D eigenvalue weighted by atomic mass is 9.93. The number of hydrogen-bond acceptors (Lipinski definition) is 10. The SMILES string of the molecule is CCCCCCc1ccc(-c2ccc(C3=C4C(=O)N(CC(CC)CCCC)C(c5ccc(-c6cc7c(-c8ccccc8)c8sc(-c9ccc(C%10=C%11C(=O)N(CC(CC)CCCC)C(c%12ccc(-c%13ccc(CCCCCC)cc%13)s%12)=C%11C(=O)N%10CC(CC)CCCC)s9)cc8c(-c8ccccc8)c7s6)s5)=C4C(=O)N3CC(CC)CCCC)s2)cc1. The predicted molar refractivity (Wildman–Crippen MR) is 518 cm³/mol. The Bertz CT molecular complexity index is 5160. The van der Waals surface area contributed by atoms with Crippen molar-refractivity contribution in [1.82, 2.24) is 19.6 Å². The van der Waals surface area contributed by atoms with Gasteiger partial charge in [0, 0.05) is 86.7 Å². The van der Waals surface area contributed by atoms with E-state index in [1.165, 1.54) is 93.8 Å². The number of hydrogen-bond donors (Lipinski definition) is 0. The summed E-state index contributed by atoms with van der Waals surface area (Å²) in [4.78, 5) is 83.1. The largest absolute Gasteiger partial charge is 0.306 e. The molecule has 0 N–H and O–H groups in total. The minimum atomic E-state index is -0.0568. The van der Waals surface area contributed by atoms with Crippen molar-refractivity contribution in [2.45, 2.75) is 236 Å². The molecule has 4 aliphatic rings. The van der Waals surface area contributed by atoms with Crippen LogP contribution in [0.3, 0.4) is 0 Å². The van der Waals surface area contributed by atoms with Gasteiger partial charge in [-0.1, -0.05) is 294 Å². The number of carbonyl (C=O) groups is 4. The number of benzene rings is 5. The molecular formula is C106H122N4O4S6. The lowest BCUT2D eigenvalue weighted by Gasteiger charge is -2.29. The van der Waals surface area contributed by atoms with Crippen LogP contribution in [-0.2, 0) is 32.0 Å². The summed E-state index contributed by atoms with van der Waals surface area (Å²) in [6, 6.07) is 62.5. The minimum Gasteiger partial charge on any atom is -0.306 e. The van der Waals surface area contributed by atoms with Gasteiger partial charge < -0.3 is 19.6 Å². The molecule has 14 heteroatoms. The van der Waals surface area contributed by atoms with Crippen molar-refractivity contribution in [2.75, 3.05) is 26.2 Å². The third kappa shape index (κ3) is 18.1. The highest BCUT2D eigenvalue weighted by atomic mass is 32.1. The lowest BCUT2D eigenvalue weighted by molar-refractivity contribution is -0.124. The van der Waals surface area contributed by atoms with Crippen molar-refractivity contribution in [1.29, 1.82) is 0 Å². The Hall–Kier alpha value is -8.34. The third-order valence-corrected chi connectivity index (χ3v) is 33.0. The molecule has 6 aromatic heterocycles. The molecule has 0 aliphatic carbocycles. The van der Waals surface area contributed by atoms with Crippen LogP contribution in [0.1, 0.15) is 254 Å². The molecular weight excluding hydrogens is 1590 g/mol. The van der Waals surface area contributed by atoms with Crippen LogP contribution in [0, 0.1) is 23.7 Å². The van der Waals surface area contributed by atoms with Crippen molar-refractivity contribution in [3.8, 4) is 62.6 Å². The van der Waals surface area contributed by atoms with Gasteiger partial charge in [0.2, 0.25) is 0 Å². The molecule has 626 valence electrons. The Labute approximate surface area is 738 Å². The third-order valence-electron chi connectivity index (χ3n) is 25.8. The van der Waals surface area contributed by atoms with Crippen LogP contribution >= 0.6 is 68.0 Å². The molecule has 8 nitrogen and oxygen atoms in total. The average Bonchev–Trinajstić information content (AvgIpc) is 1.56. The van der Waals surface area contributed by atoms with E-state index in [1.807, 2.05) is 42.3 Å². The first kappa shape index (κ1) is 86.6. The van der Waals surface area contributed by atoms with E-state index in [4.69, 9.17) is 0 Å². The smallest absolute Gasteiger partial charge is 0.261 e. The fraction of sp³-hybridized carbons (Fsp3) is 0.415. The second-order valence-corrected chi connectivity index (χ2v) is 40.5. The topological polar surface area (TPSA) is 81.2 Å². The highest BCUT2D eigenvalue weighted by Crippen LogP contribution is 2.57. The number of thiophene rings is 6. The Balaban J connectivity index is 0.847. The summed E-state index contributed by atoms with van der Waals surface area (Å²) in [6.45, 7) is 24.8. The number of aryl methyl sites for hydroxylation is 2. The number of amides is 4. The summed E-state index contributed by atoms with van der Waals surface area (Å²) in [7, 11) is 0. The molecule has 15 rings (SSSR count). The van der Waals surface area contributed by atoms with Crippen molar-refractivity contribution in [2.24, 2.45) is 23.7 Å². The molecule has 5 aromatic carbocycles. The van der Waals surface area contributed by atoms with Gasteiger partial charge in [-0.3, -0.25) is 19.2 Å². The fourth-order valence-electron chi connectivity index (χ4n) is 18.6. The van der Waals surface area contributed by atoms with Gasteiger partial charge in [0.1, 0.15) is 0 Å². The first-order chi connectivity index (χ1) is 58.8. The molecule has 0 radical (unpaired) electrons. The standard InChI is InChI=1S/C106H122N4O4S6/c1-11-21-27-31-41-73-47-51-75(52-48-73)81-55-59-85(115-81)97-93-95(105(113)107(97)65-69(17-7)37-23-13-3)99(109(103(93)111)67-71(19-9)39-25-15-5)87-61-57-83(117-87)89-63-79-91(77-43-33-29-34-44-77)102-80(92(101(79)119-89)78-45-35-30-36-46-78)64-90(120-102)84-58-62-88(118-84)100-96-94(104(112)110(100)68-72(20-10)40-26-16-6)98(108(106(96)114)66-70(18-8)38-24-14-4)86-60-56-82(116-86)76-53-49-74(50-54-76)42-32-28-22-12-2/h29-30,33-36,43-64,69-72H,11-28,31-32,37-42,65-68H2,1-10H3. The maximum absolute atomic E-state index is 16.1. The summed E-state index contributed by atoms with van der Waals surface area (Å²) < 4.78 is 2.38. The molecule has 0 saturated heterocycles. The molecule has 120 heavy (non-hydrogen) atoms. The summed E-state index contributed by atoms with van der Waals surface area (Å²) in [5.41, 5.74) is 15.0.